The van der Waals surface area contributed by atoms with Crippen molar-refractivity contribution in [2.75, 3.05) is 13.4 Å². The van der Waals surface area contributed by atoms with Crippen molar-refractivity contribution in [2.24, 2.45) is 0 Å². The lowest BCUT2D eigenvalue weighted by Crippen LogP contribution is -2.04. The van der Waals surface area contributed by atoms with Crippen LogP contribution in [-0.4, -0.2) is 26.9 Å². The van der Waals surface area contributed by atoms with Crippen LogP contribution in [0.5, 0.6) is 5.75 Å². The van der Waals surface area contributed by atoms with Gasteiger partial charge in [0.05, 0.1) is 12.0 Å². The van der Waals surface area contributed by atoms with Crippen LogP contribution >= 0.6 is 15.9 Å². The minimum Gasteiger partial charge on any atom is -0.496 e. The lowest BCUT2D eigenvalue weighted by molar-refractivity contribution is 0.214. The van der Waals surface area contributed by atoms with Crippen LogP contribution in [0.15, 0.2) is 51.8 Å². The van der Waals surface area contributed by atoms with E-state index in [1.807, 2.05) is 6.07 Å². The largest absolute Gasteiger partial charge is 0.496 e. The van der Waals surface area contributed by atoms with Crippen LogP contribution in [-0.2, 0) is 9.84 Å². The number of aliphatic hydroxyl groups excluding tert-OH is 1. The third-order valence-corrected chi connectivity index (χ3v) is 4.69. The maximum Gasteiger partial charge on any atom is 0.175 e. The molecule has 0 aliphatic carbocycles. The van der Waals surface area contributed by atoms with Crippen molar-refractivity contribution in [3.05, 3.63) is 58.1 Å². The molecule has 0 aromatic heterocycles. The van der Waals surface area contributed by atoms with Crippen LogP contribution in [0.25, 0.3) is 0 Å². The summed E-state index contributed by atoms with van der Waals surface area (Å²) in [5.41, 5.74) is 1.06. The number of hydrogen-bond donors (Lipinski definition) is 1. The lowest BCUT2D eigenvalue weighted by atomic mass is 10.0. The van der Waals surface area contributed by atoms with Gasteiger partial charge >= 0.3 is 0 Å². The number of rotatable bonds is 4. The number of benzene rings is 2. The fraction of sp³-hybridized carbons (Fsp3) is 0.200. The van der Waals surface area contributed by atoms with Crippen molar-refractivity contribution in [3.63, 3.8) is 0 Å². The van der Waals surface area contributed by atoms with Crippen LogP contribution in [0, 0.1) is 0 Å². The molecule has 1 unspecified atom stereocenters. The monoisotopic (exact) mass is 370 g/mol. The van der Waals surface area contributed by atoms with E-state index < -0.39 is 15.9 Å². The lowest BCUT2D eigenvalue weighted by Gasteiger charge is -2.16. The van der Waals surface area contributed by atoms with Crippen LogP contribution in [0.1, 0.15) is 17.2 Å². The number of hydrogen-bond acceptors (Lipinski definition) is 4. The first-order valence-electron chi connectivity index (χ1n) is 6.14. The second-order valence-electron chi connectivity index (χ2n) is 4.63. The number of methoxy groups -OCH3 is 1. The van der Waals surface area contributed by atoms with Gasteiger partial charge in [0, 0.05) is 16.3 Å². The molecule has 112 valence electrons. The summed E-state index contributed by atoms with van der Waals surface area (Å²) in [6.07, 6.45) is 0.164. The second-order valence-corrected chi connectivity index (χ2v) is 7.56. The smallest absolute Gasteiger partial charge is 0.175 e. The van der Waals surface area contributed by atoms with E-state index in [9.17, 15) is 13.5 Å². The molecule has 0 radical (unpaired) electrons. The van der Waals surface area contributed by atoms with Crippen molar-refractivity contribution < 1.29 is 18.3 Å². The summed E-state index contributed by atoms with van der Waals surface area (Å²) in [5, 5.41) is 10.5. The van der Waals surface area contributed by atoms with Gasteiger partial charge in [0.25, 0.3) is 0 Å². The molecule has 0 aliphatic heterocycles. The van der Waals surface area contributed by atoms with Gasteiger partial charge in [0.2, 0.25) is 0 Å². The minimum absolute atomic E-state index is 0.174. The Balaban J connectivity index is 2.50. The molecule has 1 atom stereocenters. The number of halogens is 1. The van der Waals surface area contributed by atoms with Crippen molar-refractivity contribution in [1.82, 2.24) is 0 Å². The van der Waals surface area contributed by atoms with Crippen LogP contribution in [0.4, 0.5) is 0 Å². The Labute approximate surface area is 132 Å². The SMILES string of the molecule is COc1ccc(Br)cc1C(O)c1cccc(S(C)(=O)=O)c1. The third-order valence-electron chi connectivity index (χ3n) is 3.09. The average molecular weight is 371 g/mol. The van der Waals surface area contributed by atoms with Gasteiger partial charge in [0.15, 0.2) is 9.84 Å². The highest BCUT2D eigenvalue weighted by Crippen LogP contribution is 2.33. The fourth-order valence-corrected chi connectivity index (χ4v) is 3.07. The molecule has 0 spiro atoms. The molecule has 0 bridgehead atoms. The molecule has 0 saturated carbocycles. The molecule has 0 saturated heterocycles. The van der Waals surface area contributed by atoms with Gasteiger partial charge in [-0.1, -0.05) is 28.1 Å². The third kappa shape index (κ3) is 3.64. The molecule has 0 fully saturated rings. The zero-order valence-electron chi connectivity index (χ0n) is 11.6. The van der Waals surface area contributed by atoms with Gasteiger partial charge in [-0.25, -0.2) is 8.42 Å². The van der Waals surface area contributed by atoms with E-state index in [1.165, 1.54) is 19.2 Å². The highest BCUT2D eigenvalue weighted by atomic mass is 79.9. The molecule has 21 heavy (non-hydrogen) atoms. The molecule has 2 rings (SSSR count). The number of aliphatic hydroxyl groups is 1. The highest BCUT2D eigenvalue weighted by Gasteiger charge is 2.18. The standard InChI is InChI=1S/C15H15BrO4S/c1-20-14-7-6-11(16)9-13(14)15(17)10-4-3-5-12(8-10)21(2,18)19/h3-9,15,17H,1-2H3. The first-order chi connectivity index (χ1) is 9.82. The summed E-state index contributed by atoms with van der Waals surface area (Å²) in [4.78, 5) is 0.174. The first-order valence-corrected chi connectivity index (χ1v) is 8.83. The van der Waals surface area contributed by atoms with Crippen LogP contribution in [0.2, 0.25) is 0 Å². The van der Waals surface area contributed by atoms with E-state index in [0.29, 0.717) is 16.9 Å². The van der Waals surface area contributed by atoms with Crippen molar-refractivity contribution >= 4 is 25.8 Å². The quantitative estimate of drug-likeness (QED) is 0.898. The van der Waals surface area contributed by atoms with Crippen LogP contribution in [0.3, 0.4) is 0 Å². The predicted molar refractivity (Wildman–Crippen MR) is 84.3 cm³/mol. The maximum atomic E-state index is 11.6. The Kier molecular flexibility index (Phi) is 4.70. The topological polar surface area (TPSA) is 63.6 Å². The predicted octanol–water partition coefficient (Wildman–Crippen LogP) is 2.94. The Morgan fingerprint density at radius 1 is 1.19 bits per heavy atom. The molecule has 0 heterocycles. The van der Waals surface area contributed by atoms with E-state index in [-0.39, 0.29) is 4.90 Å². The minimum atomic E-state index is -3.32. The summed E-state index contributed by atoms with van der Waals surface area (Å²) >= 11 is 3.35. The van der Waals surface area contributed by atoms with E-state index in [2.05, 4.69) is 15.9 Å². The van der Waals surface area contributed by atoms with Crippen molar-refractivity contribution in [3.8, 4) is 5.75 Å². The molecule has 1 N–H and O–H groups in total. The van der Waals surface area contributed by atoms with Gasteiger partial charge in [-0.05, 0) is 35.9 Å². The van der Waals surface area contributed by atoms with E-state index in [0.717, 1.165) is 10.7 Å². The molecule has 2 aromatic carbocycles. The fourth-order valence-electron chi connectivity index (χ4n) is 2.01. The molecule has 6 heteroatoms. The van der Waals surface area contributed by atoms with Gasteiger partial charge in [-0.15, -0.1) is 0 Å². The van der Waals surface area contributed by atoms with E-state index in [4.69, 9.17) is 4.74 Å². The van der Waals surface area contributed by atoms with Crippen molar-refractivity contribution in [2.45, 2.75) is 11.0 Å². The Hall–Kier alpha value is -1.37. The van der Waals surface area contributed by atoms with Crippen LogP contribution < -0.4 is 4.74 Å². The van der Waals surface area contributed by atoms with Gasteiger partial charge in [-0.3, -0.25) is 0 Å². The molecule has 0 amide bonds. The molecular formula is C15H15BrO4S. The summed E-state index contributed by atoms with van der Waals surface area (Å²) < 4.78 is 29.3. The molecule has 0 aliphatic rings. The second kappa shape index (κ2) is 6.17. The Bertz CT molecular complexity index is 756. The van der Waals surface area contributed by atoms with Crippen molar-refractivity contribution in [1.29, 1.82) is 0 Å². The zero-order valence-corrected chi connectivity index (χ0v) is 14.0. The highest BCUT2D eigenvalue weighted by molar-refractivity contribution is 9.10. The molecular weight excluding hydrogens is 356 g/mol. The number of sulfone groups is 1. The summed E-state index contributed by atoms with van der Waals surface area (Å²) in [7, 11) is -1.80. The summed E-state index contributed by atoms with van der Waals surface area (Å²) in [5.74, 6) is 0.537. The van der Waals surface area contributed by atoms with E-state index >= 15 is 0 Å². The average Bonchev–Trinajstić information content (AvgIpc) is 2.45. The number of ether oxygens (including phenoxy) is 1. The molecule has 4 nitrogen and oxygen atoms in total. The van der Waals surface area contributed by atoms with Gasteiger partial charge in [0.1, 0.15) is 11.9 Å². The normalized spacial score (nSPS) is 13.0. The van der Waals surface area contributed by atoms with Gasteiger partial charge < -0.3 is 9.84 Å². The summed E-state index contributed by atoms with van der Waals surface area (Å²) in [6, 6.07) is 11.6. The molecule has 2 aromatic rings. The maximum absolute atomic E-state index is 11.6. The Morgan fingerprint density at radius 2 is 1.90 bits per heavy atom. The van der Waals surface area contributed by atoms with Gasteiger partial charge in [-0.2, -0.15) is 0 Å². The summed E-state index contributed by atoms with van der Waals surface area (Å²) in [6.45, 7) is 0. The first kappa shape index (κ1) is 16.0. The Morgan fingerprint density at radius 3 is 2.52 bits per heavy atom. The van der Waals surface area contributed by atoms with E-state index in [1.54, 1.807) is 24.3 Å². The zero-order chi connectivity index (χ0) is 15.6.